The van der Waals surface area contributed by atoms with Gasteiger partial charge in [-0.3, -0.25) is 9.59 Å². The number of benzene rings is 2. The van der Waals surface area contributed by atoms with E-state index in [1.54, 1.807) is 0 Å². The van der Waals surface area contributed by atoms with Crippen molar-refractivity contribution >= 4 is 29.3 Å². The molecule has 0 aliphatic carbocycles. The van der Waals surface area contributed by atoms with Gasteiger partial charge in [0.2, 0.25) is 0 Å². The molecule has 0 spiro atoms. The average Bonchev–Trinajstić information content (AvgIpc) is 2.93. The molecular weight excluding hydrogens is 404 g/mol. The normalized spacial score (nSPS) is 17.7. The Balaban J connectivity index is 1.71. The number of nitrogens with zero attached hydrogens (tertiary/aromatic N) is 2. The van der Waals surface area contributed by atoms with Gasteiger partial charge >= 0.3 is 0 Å². The first kappa shape index (κ1) is 21.7. The lowest BCUT2D eigenvalue weighted by atomic mass is 10.0. The minimum absolute atomic E-state index is 0.196. The number of rotatable bonds is 5. The van der Waals surface area contributed by atoms with Crippen molar-refractivity contribution < 1.29 is 9.59 Å². The van der Waals surface area contributed by atoms with Crippen molar-refractivity contribution in [1.29, 1.82) is 0 Å². The topological polar surface area (TPSA) is 40.6 Å². The van der Waals surface area contributed by atoms with Gasteiger partial charge in [0.05, 0.1) is 5.69 Å². The highest BCUT2D eigenvalue weighted by Gasteiger charge is 2.42. The van der Waals surface area contributed by atoms with Crippen LogP contribution < -0.4 is 4.90 Å². The Labute approximate surface area is 189 Å². The fourth-order valence-electron chi connectivity index (χ4n) is 4.13. The van der Waals surface area contributed by atoms with Crippen LogP contribution in [0.25, 0.3) is 0 Å². The van der Waals surface area contributed by atoms with Crippen LogP contribution in [0, 0.1) is 6.92 Å². The number of hydrogen-bond acceptors (Lipinski definition) is 4. The highest BCUT2D eigenvalue weighted by molar-refractivity contribution is 8.04. The first-order valence-electron chi connectivity index (χ1n) is 11.2. The Morgan fingerprint density at radius 1 is 0.806 bits per heavy atom. The van der Waals surface area contributed by atoms with E-state index in [4.69, 9.17) is 0 Å². The van der Waals surface area contributed by atoms with E-state index in [1.807, 2.05) is 55.5 Å². The molecule has 4 nitrogen and oxygen atoms in total. The monoisotopic (exact) mass is 434 g/mol. The molecule has 0 saturated carbocycles. The van der Waals surface area contributed by atoms with Gasteiger partial charge in [0.25, 0.3) is 11.8 Å². The number of carbonyl (C=O) groups is 2. The fraction of sp³-hybridized carbons (Fsp3) is 0.385. The van der Waals surface area contributed by atoms with Crippen LogP contribution in [-0.2, 0) is 9.59 Å². The molecule has 1 fully saturated rings. The number of aryl methyl sites for hydroxylation is 1. The van der Waals surface area contributed by atoms with Crippen LogP contribution in [0.1, 0.15) is 56.6 Å². The molecule has 4 rings (SSSR count). The second-order valence-electron chi connectivity index (χ2n) is 8.69. The van der Waals surface area contributed by atoms with Gasteiger partial charge in [-0.2, -0.15) is 0 Å². The molecule has 0 N–H and O–H groups in total. The molecule has 0 radical (unpaired) electrons. The fourth-order valence-corrected chi connectivity index (χ4v) is 5.13. The maximum absolute atomic E-state index is 13.6. The van der Waals surface area contributed by atoms with Gasteiger partial charge in [0.15, 0.2) is 0 Å². The number of thioether (sulfide) groups is 1. The third-order valence-electron chi connectivity index (χ3n) is 6.00. The van der Waals surface area contributed by atoms with Crippen molar-refractivity contribution in [3.05, 3.63) is 70.3 Å². The molecule has 2 aromatic rings. The Kier molecular flexibility index (Phi) is 6.51. The summed E-state index contributed by atoms with van der Waals surface area (Å²) in [5.41, 5.74) is 3.58. The Morgan fingerprint density at radius 2 is 1.42 bits per heavy atom. The lowest BCUT2D eigenvalue weighted by Crippen LogP contribution is -2.35. The maximum atomic E-state index is 13.6. The SMILES string of the molecule is Cc1ccc(SC2=C(N3CCCCCC3)C(=O)N(c3ccc(C(C)C)cc3)C2=O)cc1. The van der Waals surface area contributed by atoms with Gasteiger partial charge in [0.1, 0.15) is 10.6 Å². The summed E-state index contributed by atoms with van der Waals surface area (Å²) in [6, 6.07) is 15.9. The van der Waals surface area contributed by atoms with Gasteiger partial charge in [-0.15, -0.1) is 0 Å². The average molecular weight is 435 g/mol. The molecule has 1 saturated heterocycles. The zero-order valence-corrected chi connectivity index (χ0v) is 19.4. The first-order chi connectivity index (χ1) is 15.0. The highest BCUT2D eigenvalue weighted by Crippen LogP contribution is 2.39. The van der Waals surface area contributed by atoms with Crippen LogP contribution >= 0.6 is 11.8 Å². The Hall–Kier alpha value is -2.53. The van der Waals surface area contributed by atoms with Crippen molar-refractivity contribution in [2.45, 2.75) is 57.3 Å². The van der Waals surface area contributed by atoms with E-state index in [-0.39, 0.29) is 11.8 Å². The van der Waals surface area contributed by atoms with E-state index in [2.05, 4.69) is 18.7 Å². The molecule has 0 bridgehead atoms. The molecule has 0 unspecified atom stereocenters. The molecule has 2 aliphatic heterocycles. The predicted molar refractivity (Wildman–Crippen MR) is 127 cm³/mol. The number of carbonyl (C=O) groups excluding carboxylic acids is 2. The lowest BCUT2D eigenvalue weighted by molar-refractivity contribution is -0.121. The highest BCUT2D eigenvalue weighted by atomic mass is 32.2. The molecule has 0 aromatic heterocycles. The summed E-state index contributed by atoms with van der Waals surface area (Å²) in [6.07, 6.45) is 4.45. The molecule has 31 heavy (non-hydrogen) atoms. The van der Waals surface area contributed by atoms with Gasteiger partial charge in [-0.05, 0) is 55.5 Å². The van der Waals surface area contributed by atoms with Crippen LogP contribution in [0.3, 0.4) is 0 Å². The minimum atomic E-state index is -0.216. The smallest absolute Gasteiger partial charge is 0.283 e. The van der Waals surface area contributed by atoms with Crippen molar-refractivity contribution in [3.8, 4) is 0 Å². The summed E-state index contributed by atoms with van der Waals surface area (Å²) >= 11 is 1.41. The van der Waals surface area contributed by atoms with E-state index >= 15 is 0 Å². The van der Waals surface area contributed by atoms with E-state index in [0.29, 0.717) is 22.2 Å². The number of anilines is 1. The van der Waals surface area contributed by atoms with Crippen molar-refractivity contribution in [2.24, 2.45) is 0 Å². The van der Waals surface area contributed by atoms with Gasteiger partial charge < -0.3 is 4.90 Å². The van der Waals surface area contributed by atoms with Crippen molar-refractivity contribution in [3.63, 3.8) is 0 Å². The molecule has 2 amide bonds. The van der Waals surface area contributed by atoms with E-state index in [1.165, 1.54) is 40.6 Å². The van der Waals surface area contributed by atoms with Crippen LogP contribution in [0.4, 0.5) is 5.69 Å². The summed E-state index contributed by atoms with van der Waals surface area (Å²) in [7, 11) is 0. The summed E-state index contributed by atoms with van der Waals surface area (Å²) < 4.78 is 0. The summed E-state index contributed by atoms with van der Waals surface area (Å²) in [5, 5.41) is 0. The molecular formula is C26H30N2O2S. The summed E-state index contributed by atoms with van der Waals surface area (Å²) in [4.78, 5) is 32.2. The molecule has 162 valence electrons. The van der Waals surface area contributed by atoms with Gasteiger partial charge in [-0.1, -0.05) is 68.3 Å². The van der Waals surface area contributed by atoms with Gasteiger partial charge in [-0.25, -0.2) is 4.90 Å². The van der Waals surface area contributed by atoms with Crippen LogP contribution in [0.5, 0.6) is 0 Å². The molecule has 5 heteroatoms. The molecule has 0 atom stereocenters. The summed E-state index contributed by atoms with van der Waals surface area (Å²) in [6.45, 7) is 7.97. The Morgan fingerprint density at radius 3 is 2.00 bits per heavy atom. The van der Waals surface area contributed by atoms with E-state index in [0.717, 1.165) is 30.8 Å². The number of hydrogen-bond donors (Lipinski definition) is 0. The van der Waals surface area contributed by atoms with Crippen LogP contribution in [0.2, 0.25) is 0 Å². The Bertz CT molecular complexity index is 985. The third-order valence-corrected chi connectivity index (χ3v) is 7.08. The number of imide groups is 1. The second kappa shape index (κ2) is 9.31. The largest absolute Gasteiger partial charge is 0.366 e. The zero-order valence-electron chi connectivity index (χ0n) is 18.6. The van der Waals surface area contributed by atoms with E-state index in [9.17, 15) is 9.59 Å². The van der Waals surface area contributed by atoms with Crippen LogP contribution in [0.15, 0.2) is 64.0 Å². The molecule has 2 aromatic carbocycles. The standard InChI is InChI=1S/C26H30N2O2S/c1-18(2)20-10-12-21(13-11-20)28-25(29)23(27-16-6-4-5-7-17-27)24(26(28)30)31-22-14-8-19(3)9-15-22/h8-15,18H,4-7,16-17H2,1-3H3. The minimum Gasteiger partial charge on any atom is -0.366 e. The summed E-state index contributed by atoms with van der Waals surface area (Å²) in [5.74, 6) is -0.0107. The van der Waals surface area contributed by atoms with Gasteiger partial charge in [0, 0.05) is 18.0 Å². The zero-order chi connectivity index (χ0) is 22.0. The quantitative estimate of drug-likeness (QED) is 0.552. The molecule has 2 aliphatic rings. The second-order valence-corrected chi connectivity index (χ2v) is 9.77. The maximum Gasteiger partial charge on any atom is 0.283 e. The first-order valence-corrected chi connectivity index (χ1v) is 12.0. The van der Waals surface area contributed by atoms with Crippen molar-refractivity contribution in [1.82, 2.24) is 4.90 Å². The predicted octanol–water partition coefficient (Wildman–Crippen LogP) is 5.87. The van der Waals surface area contributed by atoms with E-state index < -0.39 is 0 Å². The molecule has 2 heterocycles. The third kappa shape index (κ3) is 4.57. The van der Waals surface area contributed by atoms with Crippen molar-refractivity contribution in [2.75, 3.05) is 18.0 Å². The van der Waals surface area contributed by atoms with Crippen LogP contribution in [-0.4, -0.2) is 29.8 Å². The number of amides is 2. The number of likely N-dealkylation sites (tertiary alicyclic amines) is 1. The lowest BCUT2D eigenvalue weighted by Gasteiger charge is -2.24.